The van der Waals surface area contributed by atoms with E-state index in [-0.39, 0.29) is 0 Å². The molecule has 0 fully saturated rings. The minimum Gasteiger partial charge on any atom is -0.478 e. The normalized spacial score (nSPS) is 16.1. The average molecular weight is 251 g/mol. The maximum atomic E-state index is 11.1. The summed E-state index contributed by atoms with van der Waals surface area (Å²) < 4.78 is 0. The molecule has 3 heteroatoms. The molecule has 1 aliphatic carbocycles. The summed E-state index contributed by atoms with van der Waals surface area (Å²) in [5.74, 6) is -0.772. The Morgan fingerprint density at radius 1 is 1.24 bits per heavy atom. The fourth-order valence-corrected chi connectivity index (χ4v) is 2.50. The van der Waals surface area contributed by atoms with Crippen LogP contribution in [-0.2, 0) is 11.2 Å². The molecule has 0 saturated carbocycles. The summed E-state index contributed by atoms with van der Waals surface area (Å²) in [6.07, 6.45) is 4.30. The van der Waals surface area contributed by atoms with Crippen molar-refractivity contribution >= 4 is 17.6 Å². The lowest BCUT2D eigenvalue weighted by molar-refractivity contribution is -0.133. The van der Waals surface area contributed by atoms with E-state index in [9.17, 15) is 4.79 Å². The Morgan fingerprint density at radius 2 is 1.94 bits per heavy atom. The molecule has 0 radical (unpaired) electrons. The van der Waals surface area contributed by atoms with Crippen molar-refractivity contribution in [2.75, 3.05) is 0 Å². The van der Waals surface area contributed by atoms with Gasteiger partial charge in [0.1, 0.15) is 0 Å². The molecule has 0 spiro atoms. The van der Waals surface area contributed by atoms with Crippen LogP contribution < -0.4 is 0 Å². The molecule has 0 atom stereocenters. The number of carbonyl (C=O) groups is 1. The molecule has 0 aliphatic heterocycles. The van der Waals surface area contributed by atoms with E-state index in [0.29, 0.717) is 18.4 Å². The van der Waals surface area contributed by atoms with E-state index in [1.54, 1.807) is 0 Å². The van der Waals surface area contributed by atoms with E-state index in [0.717, 1.165) is 35.4 Å². The fourth-order valence-electron chi connectivity index (χ4n) is 2.29. The van der Waals surface area contributed by atoms with Gasteiger partial charge in [0.15, 0.2) is 0 Å². The highest BCUT2D eigenvalue weighted by molar-refractivity contribution is 6.31. The topological polar surface area (TPSA) is 37.3 Å². The molecule has 1 aliphatic rings. The van der Waals surface area contributed by atoms with Gasteiger partial charge in [0.05, 0.1) is 0 Å². The van der Waals surface area contributed by atoms with Crippen molar-refractivity contribution in [3.05, 3.63) is 46.0 Å². The van der Waals surface area contributed by atoms with Crippen LogP contribution in [0, 0.1) is 0 Å². The summed E-state index contributed by atoms with van der Waals surface area (Å²) in [4.78, 5) is 11.1. The molecule has 0 unspecified atom stereocenters. The monoisotopic (exact) mass is 250 g/mol. The van der Waals surface area contributed by atoms with E-state index in [4.69, 9.17) is 16.7 Å². The molecule has 0 heterocycles. The lowest BCUT2D eigenvalue weighted by atomic mass is 9.88. The maximum Gasteiger partial charge on any atom is 0.331 e. The minimum atomic E-state index is -0.772. The van der Waals surface area contributed by atoms with Crippen LogP contribution in [0.1, 0.15) is 31.2 Å². The summed E-state index contributed by atoms with van der Waals surface area (Å²) in [7, 11) is 0. The predicted molar refractivity (Wildman–Crippen MR) is 68.3 cm³/mol. The lowest BCUT2D eigenvalue weighted by Crippen LogP contribution is -2.10. The Balaban J connectivity index is 2.27. The Morgan fingerprint density at radius 3 is 2.65 bits per heavy atom. The van der Waals surface area contributed by atoms with Crippen molar-refractivity contribution in [3.63, 3.8) is 0 Å². The Bertz CT molecular complexity index is 463. The number of rotatable bonds is 3. The first-order valence-corrected chi connectivity index (χ1v) is 6.24. The molecule has 17 heavy (non-hydrogen) atoms. The van der Waals surface area contributed by atoms with E-state index in [1.165, 1.54) is 0 Å². The molecule has 1 aromatic rings. The summed E-state index contributed by atoms with van der Waals surface area (Å²) in [5, 5.41) is 9.88. The Labute approximate surface area is 106 Å². The molecule has 0 bridgehead atoms. The van der Waals surface area contributed by atoms with Crippen LogP contribution in [0.5, 0.6) is 0 Å². The van der Waals surface area contributed by atoms with E-state index in [2.05, 4.69) is 0 Å². The first-order valence-electron chi connectivity index (χ1n) is 5.86. The van der Waals surface area contributed by atoms with Gasteiger partial charge in [0.25, 0.3) is 0 Å². The molecule has 1 aromatic carbocycles. The van der Waals surface area contributed by atoms with Crippen molar-refractivity contribution in [1.82, 2.24) is 0 Å². The van der Waals surface area contributed by atoms with Crippen LogP contribution in [0.2, 0.25) is 5.02 Å². The first kappa shape index (κ1) is 12.2. The highest BCUT2D eigenvalue weighted by atomic mass is 35.5. The van der Waals surface area contributed by atoms with Gasteiger partial charge in [-0.2, -0.15) is 0 Å². The molecular weight excluding hydrogens is 236 g/mol. The third kappa shape index (κ3) is 2.89. The number of carboxylic acid groups (broad SMARTS) is 1. The van der Waals surface area contributed by atoms with Gasteiger partial charge in [-0.1, -0.05) is 35.4 Å². The zero-order valence-electron chi connectivity index (χ0n) is 9.58. The van der Waals surface area contributed by atoms with E-state index < -0.39 is 5.97 Å². The quantitative estimate of drug-likeness (QED) is 0.885. The van der Waals surface area contributed by atoms with Gasteiger partial charge in [0, 0.05) is 10.6 Å². The zero-order chi connectivity index (χ0) is 12.3. The van der Waals surface area contributed by atoms with Gasteiger partial charge >= 0.3 is 5.97 Å². The number of carboxylic acids is 1. The van der Waals surface area contributed by atoms with Crippen LogP contribution >= 0.6 is 11.6 Å². The summed E-state index contributed by atoms with van der Waals surface area (Å²) in [5.41, 5.74) is 2.65. The standard InChI is InChI=1S/C14H15ClO2/c15-13-8-4-2-6-11(13)9-10-5-1-3-7-12(10)14(16)17/h2,4,6,8H,1,3,5,7,9H2,(H,16,17). The largest absolute Gasteiger partial charge is 0.478 e. The minimum absolute atomic E-state index is 0.594. The third-order valence-corrected chi connectivity index (χ3v) is 3.57. The van der Waals surface area contributed by atoms with Gasteiger partial charge in [0.2, 0.25) is 0 Å². The Hall–Kier alpha value is -1.28. The van der Waals surface area contributed by atoms with Crippen LogP contribution in [0.15, 0.2) is 35.4 Å². The van der Waals surface area contributed by atoms with Crippen molar-refractivity contribution in [3.8, 4) is 0 Å². The zero-order valence-corrected chi connectivity index (χ0v) is 10.3. The fraction of sp³-hybridized carbons (Fsp3) is 0.357. The highest BCUT2D eigenvalue weighted by Crippen LogP contribution is 2.29. The van der Waals surface area contributed by atoms with Gasteiger partial charge in [-0.25, -0.2) is 4.79 Å². The molecule has 1 N–H and O–H groups in total. The highest BCUT2D eigenvalue weighted by Gasteiger charge is 2.18. The number of allylic oxidation sites excluding steroid dienone is 1. The third-order valence-electron chi connectivity index (χ3n) is 3.20. The van der Waals surface area contributed by atoms with E-state index >= 15 is 0 Å². The van der Waals surface area contributed by atoms with Gasteiger partial charge in [-0.05, 0) is 43.7 Å². The second-order valence-electron chi connectivity index (χ2n) is 4.36. The van der Waals surface area contributed by atoms with Crippen molar-refractivity contribution in [2.24, 2.45) is 0 Å². The maximum absolute atomic E-state index is 11.1. The molecule has 90 valence electrons. The Kier molecular flexibility index (Phi) is 3.85. The lowest BCUT2D eigenvalue weighted by Gasteiger charge is -2.18. The number of hydrogen-bond acceptors (Lipinski definition) is 1. The number of halogens is 1. The second kappa shape index (κ2) is 5.37. The SMILES string of the molecule is O=C(O)C1=C(Cc2ccccc2Cl)CCCC1. The smallest absolute Gasteiger partial charge is 0.331 e. The molecule has 0 amide bonds. The average Bonchev–Trinajstić information content (AvgIpc) is 2.32. The van der Waals surface area contributed by atoms with Gasteiger partial charge in [-0.15, -0.1) is 0 Å². The molecule has 0 saturated heterocycles. The van der Waals surface area contributed by atoms with Gasteiger partial charge in [-0.3, -0.25) is 0 Å². The number of hydrogen-bond donors (Lipinski definition) is 1. The summed E-state index contributed by atoms with van der Waals surface area (Å²) in [6.45, 7) is 0. The summed E-state index contributed by atoms with van der Waals surface area (Å²) in [6, 6.07) is 7.63. The molecule has 0 aromatic heterocycles. The molecule has 2 rings (SSSR count). The van der Waals surface area contributed by atoms with Crippen LogP contribution in [0.4, 0.5) is 0 Å². The van der Waals surface area contributed by atoms with Crippen molar-refractivity contribution in [2.45, 2.75) is 32.1 Å². The van der Waals surface area contributed by atoms with E-state index in [1.807, 2.05) is 24.3 Å². The second-order valence-corrected chi connectivity index (χ2v) is 4.77. The number of aliphatic carboxylic acids is 1. The van der Waals surface area contributed by atoms with Crippen LogP contribution in [0.3, 0.4) is 0 Å². The first-order chi connectivity index (χ1) is 8.18. The summed E-state index contributed by atoms with van der Waals surface area (Å²) >= 11 is 6.10. The van der Waals surface area contributed by atoms with Crippen LogP contribution in [-0.4, -0.2) is 11.1 Å². The number of benzene rings is 1. The van der Waals surface area contributed by atoms with Gasteiger partial charge < -0.3 is 5.11 Å². The van der Waals surface area contributed by atoms with Crippen molar-refractivity contribution in [1.29, 1.82) is 0 Å². The molecule has 2 nitrogen and oxygen atoms in total. The molecular formula is C14H15ClO2. The predicted octanol–water partition coefficient (Wildman–Crippen LogP) is 3.84. The van der Waals surface area contributed by atoms with Crippen molar-refractivity contribution < 1.29 is 9.90 Å². The van der Waals surface area contributed by atoms with Crippen LogP contribution in [0.25, 0.3) is 0 Å².